The predicted molar refractivity (Wildman–Crippen MR) is 60.3 cm³/mol. The average molecular weight is 210 g/mol. The van der Waals surface area contributed by atoms with Crippen LogP contribution < -0.4 is 5.73 Å². The van der Waals surface area contributed by atoms with E-state index in [1.807, 2.05) is 0 Å². The van der Waals surface area contributed by atoms with Gasteiger partial charge in [0.2, 0.25) is 5.91 Å². The molecule has 0 spiro atoms. The van der Waals surface area contributed by atoms with E-state index in [4.69, 9.17) is 5.73 Å². The molecule has 0 aromatic rings. The summed E-state index contributed by atoms with van der Waals surface area (Å²) >= 11 is 0. The van der Waals surface area contributed by atoms with Crippen LogP contribution in [0.5, 0.6) is 0 Å². The Morgan fingerprint density at radius 3 is 2.73 bits per heavy atom. The van der Waals surface area contributed by atoms with Crippen LogP contribution in [-0.2, 0) is 4.79 Å². The molecule has 3 nitrogen and oxygen atoms in total. The Hall–Kier alpha value is -0.570. The van der Waals surface area contributed by atoms with E-state index in [2.05, 4.69) is 11.8 Å². The van der Waals surface area contributed by atoms with E-state index in [9.17, 15) is 4.79 Å². The van der Waals surface area contributed by atoms with Crippen molar-refractivity contribution < 1.29 is 4.79 Å². The minimum absolute atomic E-state index is 0.106. The van der Waals surface area contributed by atoms with Gasteiger partial charge in [0.15, 0.2) is 0 Å². The van der Waals surface area contributed by atoms with Gasteiger partial charge in [0.05, 0.1) is 5.92 Å². The molecule has 2 rings (SSSR count). The van der Waals surface area contributed by atoms with E-state index in [1.165, 1.54) is 25.8 Å². The Balaban J connectivity index is 1.90. The highest BCUT2D eigenvalue weighted by Gasteiger charge is 2.31. The van der Waals surface area contributed by atoms with Crippen LogP contribution in [0.15, 0.2) is 0 Å². The van der Waals surface area contributed by atoms with Crippen LogP contribution in [0.2, 0.25) is 0 Å². The fourth-order valence-electron chi connectivity index (χ4n) is 3.08. The Morgan fingerprint density at radius 2 is 2.13 bits per heavy atom. The SMILES string of the molecule is C[C@@H]1CC[C@@H](N2CCC[C@@H](C(N)=O)C2)C1. The first-order chi connectivity index (χ1) is 7.16. The third-order valence-corrected chi connectivity index (χ3v) is 4.04. The van der Waals surface area contributed by atoms with Gasteiger partial charge in [0, 0.05) is 12.6 Å². The first-order valence-electron chi connectivity index (χ1n) is 6.20. The molecule has 0 unspecified atom stereocenters. The second kappa shape index (κ2) is 4.52. The molecule has 2 aliphatic rings. The van der Waals surface area contributed by atoms with Crippen LogP contribution in [0.25, 0.3) is 0 Å². The fraction of sp³-hybridized carbons (Fsp3) is 0.917. The molecule has 1 saturated heterocycles. The van der Waals surface area contributed by atoms with Gasteiger partial charge in [0.1, 0.15) is 0 Å². The van der Waals surface area contributed by atoms with E-state index >= 15 is 0 Å². The van der Waals surface area contributed by atoms with Gasteiger partial charge in [-0.15, -0.1) is 0 Å². The van der Waals surface area contributed by atoms with Gasteiger partial charge in [-0.2, -0.15) is 0 Å². The smallest absolute Gasteiger partial charge is 0.221 e. The maximum absolute atomic E-state index is 11.2. The molecule has 2 N–H and O–H groups in total. The number of nitrogens with two attached hydrogens (primary N) is 1. The lowest BCUT2D eigenvalue weighted by Gasteiger charge is -2.35. The average Bonchev–Trinajstić information content (AvgIpc) is 2.65. The van der Waals surface area contributed by atoms with E-state index in [-0.39, 0.29) is 11.8 Å². The molecule has 0 aromatic heterocycles. The van der Waals surface area contributed by atoms with Crippen molar-refractivity contribution in [2.45, 2.75) is 45.1 Å². The number of hydrogen-bond donors (Lipinski definition) is 1. The molecule has 1 heterocycles. The summed E-state index contributed by atoms with van der Waals surface area (Å²) in [7, 11) is 0. The van der Waals surface area contributed by atoms with Crippen LogP contribution in [0.4, 0.5) is 0 Å². The highest BCUT2D eigenvalue weighted by Crippen LogP contribution is 2.31. The second-order valence-electron chi connectivity index (χ2n) is 5.31. The largest absolute Gasteiger partial charge is 0.369 e. The molecule has 1 aliphatic heterocycles. The molecule has 15 heavy (non-hydrogen) atoms. The van der Waals surface area contributed by atoms with Crippen molar-refractivity contribution in [1.82, 2.24) is 4.90 Å². The summed E-state index contributed by atoms with van der Waals surface area (Å²) in [6.45, 7) is 4.41. The number of piperidine rings is 1. The van der Waals surface area contributed by atoms with Crippen molar-refractivity contribution in [1.29, 1.82) is 0 Å². The molecule has 2 fully saturated rings. The standard InChI is InChI=1S/C12H22N2O/c1-9-4-5-11(7-9)14-6-2-3-10(8-14)12(13)15/h9-11H,2-8H2,1H3,(H2,13,15)/t9-,10-,11-/m1/s1. The number of hydrogen-bond acceptors (Lipinski definition) is 2. The summed E-state index contributed by atoms with van der Waals surface area (Å²) in [6, 6.07) is 0.724. The molecular weight excluding hydrogens is 188 g/mol. The predicted octanol–water partition coefficient (Wildman–Crippen LogP) is 1.37. The quantitative estimate of drug-likeness (QED) is 0.748. The molecular formula is C12H22N2O. The van der Waals surface area contributed by atoms with Gasteiger partial charge in [-0.05, 0) is 44.6 Å². The number of carbonyl (C=O) groups is 1. The van der Waals surface area contributed by atoms with Crippen molar-refractivity contribution in [3.05, 3.63) is 0 Å². The highest BCUT2D eigenvalue weighted by atomic mass is 16.1. The summed E-state index contributed by atoms with van der Waals surface area (Å²) in [5.74, 6) is 0.865. The van der Waals surface area contributed by atoms with Crippen LogP contribution in [0, 0.1) is 11.8 Å². The zero-order valence-electron chi connectivity index (χ0n) is 9.61. The molecule has 0 bridgehead atoms. The number of amides is 1. The normalized spacial score (nSPS) is 38.1. The van der Waals surface area contributed by atoms with Crippen LogP contribution in [0.1, 0.15) is 39.0 Å². The van der Waals surface area contributed by atoms with E-state index in [1.54, 1.807) is 0 Å². The Kier molecular flexibility index (Phi) is 3.29. The van der Waals surface area contributed by atoms with Crippen molar-refractivity contribution in [2.24, 2.45) is 17.6 Å². The first kappa shape index (κ1) is 10.9. The molecule has 0 radical (unpaired) electrons. The monoisotopic (exact) mass is 210 g/mol. The van der Waals surface area contributed by atoms with Crippen molar-refractivity contribution in [3.8, 4) is 0 Å². The lowest BCUT2D eigenvalue weighted by molar-refractivity contribution is -0.123. The fourth-order valence-corrected chi connectivity index (χ4v) is 3.08. The van der Waals surface area contributed by atoms with E-state index < -0.39 is 0 Å². The maximum atomic E-state index is 11.2. The lowest BCUT2D eigenvalue weighted by atomic mass is 9.95. The summed E-state index contributed by atoms with van der Waals surface area (Å²) in [5.41, 5.74) is 5.39. The molecule has 0 aromatic carbocycles. The number of primary amides is 1. The second-order valence-corrected chi connectivity index (χ2v) is 5.31. The zero-order chi connectivity index (χ0) is 10.8. The molecule has 1 amide bonds. The Morgan fingerprint density at radius 1 is 1.33 bits per heavy atom. The molecule has 1 aliphatic carbocycles. The molecule has 3 heteroatoms. The molecule has 86 valence electrons. The van der Waals surface area contributed by atoms with Crippen molar-refractivity contribution in [3.63, 3.8) is 0 Å². The van der Waals surface area contributed by atoms with E-state index in [0.717, 1.165) is 31.3 Å². The van der Waals surface area contributed by atoms with Gasteiger partial charge >= 0.3 is 0 Å². The minimum Gasteiger partial charge on any atom is -0.369 e. The van der Waals surface area contributed by atoms with Crippen molar-refractivity contribution in [2.75, 3.05) is 13.1 Å². The lowest BCUT2D eigenvalue weighted by Crippen LogP contribution is -2.45. The zero-order valence-corrected chi connectivity index (χ0v) is 9.61. The van der Waals surface area contributed by atoms with Crippen LogP contribution in [-0.4, -0.2) is 29.9 Å². The van der Waals surface area contributed by atoms with Gasteiger partial charge in [0.25, 0.3) is 0 Å². The van der Waals surface area contributed by atoms with Gasteiger partial charge in [-0.3, -0.25) is 9.69 Å². The van der Waals surface area contributed by atoms with Gasteiger partial charge in [-0.1, -0.05) is 6.92 Å². The van der Waals surface area contributed by atoms with Gasteiger partial charge in [-0.25, -0.2) is 0 Å². The minimum atomic E-state index is -0.106. The number of carbonyl (C=O) groups excluding carboxylic acids is 1. The van der Waals surface area contributed by atoms with Gasteiger partial charge < -0.3 is 5.73 Å². The van der Waals surface area contributed by atoms with E-state index in [0.29, 0.717) is 0 Å². The Bertz CT molecular complexity index is 242. The maximum Gasteiger partial charge on any atom is 0.221 e. The topological polar surface area (TPSA) is 46.3 Å². The number of likely N-dealkylation sites (tertiary alicyclic amines) is 1. The van der Waals surface area contributed by atoms with Crippen molar-refractivity contribution >= 4 is 5.91 Å². The summed E-state index contributed by atoms with van der Waals surface area (Å²) in [6.07, 6.45) is 6.10. The number of rotatable bonds is 2. The third kappa shape index (κ3) is 2.51. The summed E-state index contributed by atoms with van der Waals surface area (Å²) in [5, 5.41) is 0. The first-order valence-corrected chi connectivity index (χ1v) is 6.20. The van der Waals surface area contributed by atoms with Crippen LogP contribution >= 0.6 is 0 Å². The van der Waals surface area contributed by atoms with Crippen LogP contribution in [0.3, 0.4) is 0 Å². The number of nitrogens with zero attached hydrogens (tertiary/aromatic N) is 1. The summed E-state index contributed by atoms with van der Waals surface area (Å²) < 4.78 is 0. The summed E-state index contributed by atoms with van der Waals surface area (Å²) in [4.78, 5) is 13.7. The Labute approximate surface area is 92.0 Å². The highest BCUT2D eigenvalue weighted by molar-refractivity contribution is 5.76. The molecule has 3 atom stereocenters. The molecule has 1 saturated carbocycles. The third-order valence-electron chi connectivity index (χ3n) is 4.04.